The van der Waals surface area contributed by atoms with E-state index < -0.39 is 11.8 Å². The molecule has 6 heteroatoms. The van der Waals surface area contributed by atoms with Crippen LogP contribution in [0.1, 0.15) is 23.7 Å². The number of esters is 1. The lowest BCUT2D eigenvalue weighted by Crippen LogP contribution is -2.20. The van der Waals surface area contributed by atoms with E-state index in [0.717, 1.165) is 6.07 Å². The molecular weight excluding hydrogens is 249 g/mol. The average molecular weight is 265 g/mol. The van der Waals surface area contributed by atoms with Gasteiger partial charge in [0.2, 0.25) is 0 Å². The first-order valence-electron chi connectivity index (χ1n) is 5.85. The fraction of sp³-hybridized carbons (Fsp3) is 0.385. The molecule has 0 aliphatic heterocycles. The van der Waals surface area contributed by atoms with Gasteiger partial charge in [0.05, 0.1) is 30.3 Å². The van der Waals surface area contributed by atoms with Crippen LogP contribution >= 0.6 is 0 Å². The Morgan fingerprint density at radius 3 is 2.84 bits per heavy atom. The summed E-state index contributed by atoms with van der Waals surface area (Å²) in [7, 11) is 1.64. The Labute approximate surface area is 111 Å². The van der Waals surface area contributed by atoms with Crippen molar-refractivity contribution in [3.05, 3.63) is 23.5 Å². The van der Waals surface area contributed by atoms with E-state index in [-0.39, 0.29) is 30.0 Å². The van der Waals surface area contributed by atoms with Gasteiger partial charge in [-0.3, -0.25) is 0 Å². The van der Waals surface area contributed by atoms with Gasteiger partial charge in [-0.15, -0.1) is 0 Å². The maximum atomic E-state index is 13.8. The molecule has 0 amide bonds. The van der Waals surface area contributed by atoms with Crippen molar-refractivity contribution < 1.29 is 13.9 Å². The lowest BCUT2D eigenvalue weighted by molar-refractivity contribution is 0.0527. The molecule has 0 saturated heterocycles. The van der Waals surface area contributed by atoms with Crippen LogP contribution in [-0.2, 0) is 4.74 Å². The third kappa shape index (κ3) is 3.58. The van der Waals surface area contributed by atoms with Gasteiger partial charge in [-0.1, -0.05) is 0 Å². The minimum absolute atomic E-state index is 0.0355. The summed E-state index contributed by atoms with van der Waals surface area (Å²) in [5, 5.41) is 8.52. The van der Waals surface area contributed by atoms with Gasteiger partial charge >= 0.3 is 5.97 Å². The summed E-state index contributed by atoms with van der Waals surface area (Å²) in [5.41, 5.74) is 5.99. The van der Waals surface area contributed by atoms with Gasteiger partial charge in [-0.2, -0.15) is 5.26 Å². The minimum Gasteiger partial charge on any atom is -0.462 e. The Morgan fingerprint density at radius 2 is 2.26 bits per heavy atom. The zero-order valence-corrected chi connectivity index (χ0v) is 10.9. The first-order valence-corrected chi connectivity index (χ1v) is 5.85. The van der Waals surface area contributed by atoms with E-state index in [4.69, 9.17) is 15.7 Å². The molecule has 102 valence electrons. The lowest BCUT2D eigenvalue weighted by Gasteiger charge is -2.20. The fourth-order valence-electron chi connectivity index (χ4n) is 1.59. The fourth-order valence-corrected chi connectivity index (χ4v) is 1.59. The number of carbonyl (C=O) groups excluding carboxylic acids is 1. The second kappa shape index (κ2) is 6.59. The predicted octanol–water partition coefficient (Wildman–Crippen LogP) is 1.93. The highest BCUT2D eigenvalue weighted by molar-refractivity contribution is 5.96. The van der Waals surface area contributed by atoms with Crippen LogP contribution in [0.3, 0.4) is 0 Å². The van der Waals surface area contributed by atoms with E-state index >= 15 is 0 Å². The number of rotatable bonds is 5. The van der Waals surface area contributed by atoms with Gasteiger partial charge in [-0.25, -0.2) is 9.18 Å². The normalized spacial score (nSPS) is 9.79. The van der Waals surface area contributed by atoms with Crippen molar-refractivity contribution in [2.24, 2.45) is 0 Å². The Kier molecular flexibility index (Phi) is 5.12. The number of hydrogen-bond donors (Lipinski definition) is 1. The third-order valence-corrected chi connectivity index (χ3v) is 2.58. The highest BCUT2D eigenvalue weighted by Gasteiger charge is 2.17. The van der Waals surface area contributed by atoms with E-state index in [0.29, 0.717) is 6.54 Å². The molecule has 0 heterocycles. The monoisotopic (exact) mass is 265 g/mol. The van der Waals surface area contributed by atoms with Crippen molar-refractivity contribution in [2.45, 2.75) is 13.3 Å². The summed E-state index contributed by atoms with van der Waals surface area (Å²) >= 11 is 0. The minimum atomic E-state index is -0.588. The first kappa shape index (κ1) is 14.8. The molecule has 0 unspecified atom stereocenters. The summed E-state index contributed by atoms with van der Waals surface area (Å²) in [6.07, 6.45) is 0.259. The van der Waals surface area contributed by atoms with Crippen LogP contribution in [0.15, 0.2) is 12.1 Å². The Hall–Kier alpha value is -2.29. The molecule has 5 nitrogen and oxygen atoms in total. The molecule has 2 N–H and O–H groups in total. The van der Waals surface area contributed by atoms with Crippen LogP contribution in [0.4, 0.5) is 15.8 Å². The van der Waals surface area contributed by atoms with Gasteiger partial charge in [0.1, 0.15) is 5.82 Å². The maximum absolute atomic E-state index is 13.8. The number of nitrogens with zero attached hydrogens (tertiary/aromatic N) is 2. The molecular formula is C13H16FN3O2. The molecule has 0 radical (unpaired) electrons. The number of ether oxygens (including phenoxy) is 1. The molecule has 0 spiro atoms. The smallest absolute Gasteiger partial charge is 0.340 e. The van der Waals surface area contributed by atoms with Crippen LogP contribution in [0.5, 0.6) is 0 Å². The predicted molar refractivity (Wildman–Crippen MR) is 70.3 cm³/mol. The number of anilines is 2. The second-order valence-electron chi connectivity index (χ2n) is 3.94. The van der Waals surface area contributed by atoms with Crippen molar-refractivity contribution in [2.75, 3.05) is 30.8 Å². The summed E-state index contributed by atoms with van der Waals surface area (Å²) < 4.78 is 18.7. The van der Waals surface area contributed by atoms with E-state index in [1.165, 1.54) is 6.07 Å². The highest BCUT2D eigenvalue weighted by Crippen LogP contribution is 2.25. The summed E-state index contributed by atoms with van der Waals surface area (Å²) in [6.45, 7) is 2.26. The zero-order valence-electron chi connectivity index (χ0n) is 10.9. The van der Waals surface area contributed by atoms with Crippen molar-refractivity contribution >= 4 is 17.3 Å². The molecule has 0 aromatic heterocycles. The van der Waals surface area contributed by atoms with E-state index in [9.17, 15) is 9.18 Å². The van der Waals surface area contributed by atoms with Crippen molar-refractivity contribution in [1.82, 2.24) is 0 Å². The Bertz CT molecular complexity index is 511. The molecule has 0 atom stereocenters. The number of carbonyl (C=O) groups is 1. The van der Waals surface area contributed by atoms with Crippen molar-refractivity contribution in [3.8, 4) is 6.07 Å². The molecule has 0 aliphatic carbocycles. The Balaban J connectivity index is 3.09. The van der Waals surface area contributed by atoms with Gasteiger partial charge in [0, 0.05) is 19.3 Å². The SMILES string of the molecule is CCOC(=O)c1cc(N(C)CCC#N)c(F)cc1N. The number of nitrogen functional groups attached to an aromatic ring is 1. The van der Waals surface area contributed by atoms with Crippen LogP contribution < -0.4 is 10.6 Å². The summed E-state index contributed by atoms with van der Waals surface area (Å²) in [5.74, 6) is -1.12. The summed E-state index contributed by atoms with van der Waals surface area (Å²) in [6, 6.07) is 4.41. The lowest BCUT2D eigenvalue weighted by atomic mass is 10.1. The molecule has 1 rings (SSSR count). The van der Waals surface area contributed by atoms with Crippen LogP contribution in [0.25, 0.3) is 0 Å². The number of benzene rings is 1. The molecule has 0 bridgehead atoms. The van der Waals surface area contributed by atoms with Gasteiger partial charge in [0.15, 0.2) is 0 Å². The molecule has 0 aliphatic rings. The largest absolute Gasteiger partial charge is 0.462 e. The highest BCUT2D eigenvalue weighted by atomic mass is 19.1. The van der Waals surface area contributed by atoms with Crippen LogP contribution in [0.2, 0.25) is 0 Å². The molecule has 0 saturated carbocycles. The zero-order chi connectivity index (χ0) is 14.4. The van der Waals surface area contributed by atoms with Gasteiger partial charge < -0.3 is 15.4 Å². The van der Waals surface area contributed by atoms with Gasteiger partial charge in [0.25, 0.3) is 0 Å². The molecule has 0 fully saturated rings. The average Bonchev–Trinajstić information content (AvgIpc) is 2.36. The van der Waals surface area contributed by atoms with E-state index in [1.807, 2.05) is 6.07 Å². The van der Waals surface area contributed by atoms with E-state index in [1.54, 1.807) is 18.9 Å². The van der Waals surface area contributed by atoms with Crippen molar-refractivity contribution in [1.29, 1.82) is 5.26 Å². The van der Waals surface area contributed by atoms with Crippen LogP contribution in [-0.4, -0.2) is 26.2 Å². The van der Waals surface area contributed by atoms with Crippen molar-refractivity contribution in [3.63, 3.8) is 0 Å². The van der Waals surface area contributed by atoms with Crippen LogP contribution in [0, 0.1) is 17.1 Å². The molecule has 19 heavy (non-hydrogen) atoms. The number of halogens is 1. The number of nitrogens with two attached hydrogens (primary N) is 1. The standard InChI is InChI=1S/C13H16FN3O2/c1-3-19-13(18)9-7-12(10(14)8-11(9)16)17(2)6-4-5-15/h7-8H,3-4,6,16H2,1-2H3. The number of nitriles is 1. The second-order valence-corrected chi connectivity index (χ2v) is 3.94. The quantitative estimate of drug-likeness (QED) is 0.650. The maximum Gasteiger partial charge on any atom is 0.340 e. The summed E-state index contributed by atoms with van der Waals surface area (Å²) in [4.78, 5) is 13.2. The Morgan fingerprint density at radius 1 is 1.58 bits per heavy atom. The third-order valence-electron chi connectivity index (χ3n) is 2.58. The van der Waals surface area contributed by atoms with E-state index in [2.05, 4.69) is 0 Å². The topological polar surface area (TPSA) is 79.3 Å². The first-order chi connectivity index (χ1) is 9.01. The molecule has 1 aromatic rings. The molecule has 1 aromatic carbocycles. The van der Waals surface area contributed by atoms with Gasteiger partial charge in [-0.05, 0) is 19.1 Å². The number of hydrogen-bond acceptors (Lipinski definition) is 5.